The highest BCUT2D eigenvalue weighted by molar-refractivity contribution is 6.00. The molecule has 2 aliphatic rings. The molecule has 1 saturated carbocycles. The number of nitrogens with zero attached hydrogens (tertiary/aromatic N) is 4. The van der Waals surface area contributed by atoms with Crippen LogP contribution in [0.4, 0.5) is 0 Å². The minimum Gasteiger partial charge on any atom is -0.493 e. The maximum atomic E-state index is 10.0. The van der Waals surface area contributed by atoms with E-state index < -0.39 is 17.3 Å². The zero-order valence-corrected chi connectivity index (χ0v) is 16.1. The molecule has 28 heavy (non-hydrogen) atoms. The molecule has 7 nitrogen and oxygen atoms in total. The van der Waals surface area contributed by atoms with Gasteiger partial charge in [0.2, 0.25) is 0 Å². The summed E-state index contributed by atoms with van der Waals surface area (Å²) in [6.07, 6.45) is 1.96. The zero-order chi connectivity index (χ0) is 20.5. The number of nitriles is 3. The Balaban J connectivity index is 2.26. The Bertz CT molecular complexity index is 948. The number of hydrogen-bond donors (Lipinski definition) is 1. The van der Waals surface area contributed by atoms with Crippen molar-refractivity contribution in [3.63, 3.8) is 0 Å². The lowest BCUT2D eigenvalue weighted by molar-refractivity contribution is 0.234. The predicted molar refractivity (Wildman–Crippen MR) is 102 cm³/mol. The first-order chi connectivity index (χ1) is 13.5. The minimum atomic E-state index is -1.72. The van der Waals surface area contributed by atoms with E-state index in [1.54, 1.807) is 12.1 Å². The van der Waals surface area contributed by atoms with Gasteiger partial charge >= 0.3 is 0 Å². The van der Waals surface area contributed by atoms with Crippen molar-refractivity contribution in [2.45, 2.75) is 5.92 Å². The van der Waals surface area contributed by atoms with Gasteiger partial charge in [-0.15, -0.1) is 0 Å². The Morgan fingerprint density at radius 2 is 1.82 bits per heavy atom. The molecule has 1 N–H and O–H groups in total. The normalized spacial score (nSPS) is 26.1. The number of ether oxygens (including phenoxy) is 2. The van der Waals surface area contributed by atoms with Crippen LogP contribution in [0.5, 0.6) is 11.5 Å². The monoisotopic (exact) mass is 375 g/mol. The molecule has 0 saturated heterocycles. The SMILES string of the molecule is COc1ccc([C@H]2[C@H]3CN(C)CC=C3C(C#N)C(=N)C2(C#N)C#N)cc1OC. The number of methoxy groups -OCH3 is 2. The van der Waals surface area contributed by atoms with Crippen LogP contribution in [0.1, 0.15) is 11.5 Å². The van der Waals surface area contributed by atoms with Gasteiger partial charge in [-0.05, 0) is 30.3 Å². The Morgan fingerprint density at radius 3 is 2.39 bits per heavy atom. The summed E-state index contributed by atoms with van der Waals surface area (Å²) in [4.78, 5) is 2.09. The van der Waals surface area contributed by atoms with Crippen LogP contribution in [0.15, 0.2) is 29.8 Å². The average molecular weight is 375 g/mol. The number of benzene rings is 1. The second kappa shape index (κ2) is 7.35. The maximum Gasteiger partial charge on any atom is 0.189 e. The van der Waals surface area contributed by atoms with Gasteiger partial charge in [-0.1, -0.05) is 12.1 Å². The molecule has 3 atom stereocenters. The first-order valence-electron chi connectivity index (χ1n) is 8.88. The molecule has 0 aromatic heterocycles. The third-order valence-electron chi connectivity index (χ3n) is 5.74. The van der Waals surface area contributed by atoms with Crippen LogP contribution < -0.4 is 9.47 Å². The van der Waals surface area contributed by atoms with E-state index in [4.69, 9.17) is 14.9 Å². The molecule has 1 aromatic rings. The molecular weight excluding hydrogens is 354 g/mol. The van der Waals surface area contributed by atoms with E-state index >= 15 is 0 Å². The Morgan fingerprint density at radius 1 is 1.14 bits per heavy atom. The summed E-state index contributed by atoms with van der Waals surface area (Å²) < 4.78 is 10.7. The van der Waals surface area contributed by atoms with E-state index in [-0.39, 0.29) is 11.6 Å². The van der Waals surface area contributed by atoms with Gasteiger partial charge in [0.1, 0.15) is 5.92 Å². The van der Waals surface area contributed by atoms with E-state index in [0.717, 1.165) is 5.57 Å². The van der Waals surface area contributed by atoms with Crippen LogP contribution in [0.3, 0.4) is 0 Å². The molecule has 1 heterocycles. The number of hydrogen-bond acceptors (Lipinski definition) is 7. The number of fused-ring (bicyclic) bond motifs is 1. The predicted octanol–water partition coefficient (Wildman–Crippen LogP) is 2.48. The summed E-state index contributed by atoms with van der Waals surface area (Å²) >= 11 is 0. The van der Waals surface area contributed by atoms with E-state index in [1.807, 2.05) is 19.2 Å². The number of likely N-dealkylation sites (N-methyl/N-ethyl adjacent to an activating group) is 1. The molecule has 1 unspecified atom stereocenters. The van der Waals surface area contributed by atoms with Crippen molar-refractivity contribution in [1.29, 1.82) is 21.2 Å². The smallest absolute Gasteiger partial charge is 0.189 e. The molecule has 3 rings (SSSR count). The Kier molecular flexibility index (Phi) is 5.10. The standard InChI is InChI=1S/C21H21N5O2/c1-26-7-6-14-15(9-22)20(25)21(11-23,12-24)19(16(14)10-26)13-4-5-17(27-2)18(8-13)28-3/h4-6,8,15-16,19,25H,7,10H2,1-3H3/t15?,16-,19-/m0/s1. The van der Waals surface area contributed by atoms with Crippen molar-refractivity contribution in [2.24, 2.45) is 17.3 Å². The average Bonchev–Trinajstić information content (AvgIpc) is 2.72. The van der Waals surface area contributed by atoms with Gasteiger partial charge in [0.05, 0.1) is 38.1 Å². The quantitative estimate of drug-likeness (QED) is 0.811. The fourth-order valence-electron chi connectivity index (χ4n) is 4.37. The van der Waals surface area contributed by atoms with Crippen molar-refractivity contribution < 1.29 is 9.47 Å². The fraction of sp³-hybridized carbons (Fsp3) is 0.429. The van der Waals surface area contributed by atoms with Crippen LogP contribution in [0, 0.1) is 56.7 Å². The molecule has 0 spiro atoms. The third kappa shape index (κ3) is 2.71. The van der Waals surface area contributed by atoms with E-state index in [9.17, 15) is 15.8 Å². The highest BCUT2D eigenvalue weighted by Gasteiger charge is 2.57. The summed E-state index contributed by atoms with van der Waals surface area (Å²) in [6, 6.07) is 11.6. The van der Waals surface area contributed by atoms with Crippen LogP contribution >= 0.6 is 0 Å². The number of rotatable bonds is 3. The summed E-state index contributed by atoms with van der Waals surface area (Å²) in [6.45, 7) is 1.27. The first kappa shape index (κ1) is 19.4. The molecule has 0 bridgehead atoms. The molecular formula is C21H21N5O2. The molecule has 1 aromatic carbocycles. The summed E-state index contributed by atoms with van der Waals surface area (Å²) in [5, 5.41) is 38.4. The van der Waals surface area contributed by atoms with Crippen LogP contribution in [-0.4, -0.2) is 45.0 Å². The van der Waals surface area contributed by atoms with Gasteiger partial charge < -0.3 is 19.8 Å². The van der Waals surface area contributed by atoms with Gasteiger partial charge in [0.15, 0.2) is 16.9 Å². The molecule has 1 aliphatic carbocycles. The molecule has 0 radical (unpaired) electrons. The van der Waals surface area contributed by atoms with Crippen LogP contribution in [-0.2, 0) is 0 Å². The summed E-state index contributed by atoms with van der Waals surface area (Å²) in [7, 11) is 5.02. The first-order valence-corrected chi connectivity index (χ1v) is 8.88. The highest BCUT2D eigenvalue weighted by atomic mass is 16.5. The second-order valence-electron chi connectivity index (χ2n) is 7.13. The van der Waals surface area contributed by atoms with Crippen molar-refractivity contribution in [3.05, 3.63) is 35.4 Å². The van der Waals surface area contributed by atoms with Crippen molar-refractivity contribution in [3.8, 4) is 29.7 Å². The Labute approximate surface area is 164 Å². The highest BCUT2D eigenvalue weighted by Crippen LogP contribution is 2.54. The van der Waals surface area contributed by atoms with Crippen LogP contribution in [0.2, 0.25) is 0 Å². The molecule has 1 aliphatic heterocycles. The fourth-order valence-corrected chi connectivity index (χ4v) is 4.37. The summed E-state index contributed by atoms with van der Waals surface area (Å²) in [5.74, 6) is -0.630. The lowest BCUT2D eigenvalue weighted by atomic mass is 9.54. The summed E-state index contributed by atoms with van der Waals surface area (Å²) in [5.41, 5.74) is -0.327. The topological polar surface area (TPSA) is 117 Å². The largest absolute Gasteiger partial charge is 0.493 e. The van der Waals surface area contributed by atoms with Gasteiger partial charge in [0.25, 0.3) is 0 Å². The molecule has 142 valence electrons. The van der Waals surface area contributed by atoms with E-state index in [1.165, 1.54) is 14.2 Å². The van der Waals surface area contributed by atoms with E-state index in [2.05, 4.69) is 23.1 Å². The lowest BCUT2D eigenvalue weighted by Crippen LogP contribution is -2.52. The van der Waals surface area contributed by atoms with E-state index in [0.29, 0.717) is 30.2 Å². The third-order valence-corrected chi connectivity index (χ3v) is 5.74. The molecule has 7 heteroatoms. The number of nitrogens with one attached hydrogen (secondary N) is 1. The Hall–Kier alpha value is -3.34. The van der Waals surface area contributed by atoms with Gasteiger partial charge in [-0.2, -0.15) is 15.8 Å². The second-order valence-corrected chi connectivity index (χ2v) is 7.13. The van der Waals surface area contributed by atoms with Crippen molar-refractivity contribution in [1.82, 2.24) is 4.90 Å². The van der Waals surface area contributed by atoms with Gasteiger partial charge in [0, 0.05) is 24.9 Å². The van der Waals surface area contributed by atoms with Crippen molar-refractivity contribution in [2.75, 3.05) is 34.4 Å². The molecule has 0 amide bonds. The minimum absolute atomic E-state index is 0.146. The van der Waals surface area contributed by atoms with Crippen molar-refractivity contribution >= 4 is 5.71 Å². The van der Waals surface area contributed by atoms with Gasteiger partial charge in [-0.25, -0.2) is 0 Å². The molecule has 1 fully saturated rings. The zero-order valence-electron chi connectivity index (χ0n) is 16.1. The van der Waals surface area contributed by atoms with Crippen LogP contribution in [0.25, 0.3) is 0 Å². The maximum absolute atomic E-state index is 10.0. The van der Waals surface area contributed by atoms with Gasteiger partial charge in [-0.3, -0.25) is 0 Å². The lowest BCUT2D eigenvalue weighted by Gasteiger charge is -2.47.